The molecule has 1 fully saturated rings. The molecule has 3 aromatic rings. The maximum Gasteiger partial charge on any atom is 0.235 e. The summed E-state index contributed by atoms with van der Waals surface area (Å²) in [5, 5.41) is 9.55. The number of aromatic nitrogens is 2. The van der Waals surface area contributed by atoms with Gasteiger partial charge < -0.3 is 14.8 Å². The number of nitrogens with one attached hydrogen (secondary N) is 1. The van der Waals surface area contributed by atoms with E-state index in [2.05, 4.69) is 16.5 Å². The number of anilines is 1. The predicted octanol–water partition coefficient (Wildman–Crippen LogP) is 4.24. The van der Waals surface area contributed by atoms with E-state index >= 15 is 0 Å². The summed E-state index contributed by atoms with van der Waals surface area (Å²) in [6.07, 6.45) is 7.42. The van der Waals surface area contributed by atoms with Crippen LogP contribution in [0.4, 0.5) is 5.69 Å². The Bertz CT molecular complexity index is 992. The van der Waals surface area contributed by atoms with Crippen molar-refractivity contribution in [2.75, 3.05) is 11.9 Å². The number of carbonyl (C=O) groups excluding carboxylic acids is 1. The largest absolute Gasteiger partial charge is 0.486 e. The lowest BCUT2D eigenvalue weighted by Gasteiger charge is -2.26. The Balaban J connectivity index is 1.25. The van der Waals surface area contributed by atoms with Crippen LogP contribution in [0.1, 0.15) is 30.6 Å². The SMILES string of the molecule is O=C(Nc1cnn(C[C@@H]2COc3ccccc3O2)c1)C1(c2cccs2)CCCC1. The Morgan fingerprint density at radius 2 is 2.03 bits per heavy atom. The van der Waals surface area contributed by atoms with Gasteiger partial charge in [0.2, 0.25) is 5.91 Å². The summed E-state index contributed by atoms with van der Waals surface area (Å²) < 4.78 is 13.6. The van der Waals surface area contributed by atoms with Crippen LogP contribution >= 0.6 is 11.3 Å². The van der Waals surface area contributed by atoms with Crippen molar-refractivity contribution in [3.05, 3.63) is 59.0 Å². The van der Waals surface area contributed by atoms with Crippen LogP contribution in [-0.4, -0.2) is 28.4 Å². The lowest BCUT2D eigenvalue weighted by atomic mass is 9.83. The van der Waals surface area contributed by atoms with E-state index in [4.69, 9.17) is 9.47 Å². The zero-order valence-corrected chi connectivity index (χ0v) is 16.9. The van der Waals surface area contributed by atoms with Crippen LogP contribution in [0, 0.1) is 0 Å². The van der Waals surface area contributed by atoms with Gasteiger partial charge >= 0.3 is 0 Å². The monoisotopic (exact) mass is 409 g/mol. The number of nitrogens with zero attached hydrogens (tertiary/aromatic N) is 2. The first-order valence-electron chi connectivity index (χ1n) is 9.99. The van der Waals surface area contributed by atoms with Gasteiger partial charge in [0.05, 0.1) is 23.8 Å². The van der Waals surface area contributed by atoms with E-state index in [1.165, 1.54) is 0 Å². The van der Waals surface area contributed by atoms with Crippen molar-refractivity contribution in [3.8, 4) is 11.5 Å². The average molecular weight is 410 g/mol. The summed E-state index contributed by atoms with van der Waals surface area (Å²) in [5.74, 6) is 1.60. The second-order valence-corrected chi connectivity index (χ2v) is 8.62. The van der Waals surface area contributed by atoms with Gasteiger partial charge in [0.25, 0.3) is 0 Å². The highest BCUT2D eigenvalue weighted by Crippen LogP contribution is 2.44. The van der Waals surface area contributed by atoms with Crippen LogP contribution in [-0.2, 0) is 16.8 Å². The first-order chi connectivity index (χ1) is 14.2. The highest BCUT2D eigenvalue weighted by atomic mass is 32.1. The molecule has 6 nitrogen and oxygen atoms in total. The van der Waals surface area contributed by atoms with E-state index < -0.39 is 5.41 Å². The lowest BCUT2D eigenvalue weighted by Crippen LogP contribution is -2.37. The number of para-hydroxylation sites is 2. The molecular formula is C22H23N3O3S. The molecule has 2 aromatic heterocycles. The molecule has 1 N–H and O–H groups in total. The fourth-order valence-corrected chi connectivity index (χ4v) is 5.24. The molecule has 1 saturated carbocycles. The molecule has 7 heteroatoms. The van der Waals surface area contributed by atoms with Gasteiger partial charge in [-0.2, -0.15) is 5.10 Å². The fraction of sp³-hybridized carbons (Fsp3) is 0.364. The molecule has 1 aromatic carbocycles. The first-order valence-corrected chi connectivity index (χ1v) is 10.9. The molecule has 0 unspecified atom stereocenters. The summed E-state index contributed by atoms with van der Waals surface area (Å²) in [5.41, 5.74) is 0.315. The molecule has 1 aliphatic carbocycles. The predicted molar refractivity (Wildman–Crippen MR) is 112 cm³/mol. The van der Waals surface area contributed by atoms with E-state index in [1.54, 1.807) is 22.2 Å². The second-order valence-electron chi connectivity index (χ2n) is 7.67. The number of hydrogen-bond acceptors (Lipinski definition) is 5. The summed E-state index contributed by atoms with van der Waals surface area (Å²) in [4.78, 5) is 14.3. The van der Waals surface area contributed by atoms with Crippen molar-refractivity contribution in [2.45, 2.75) is 43.7 Å². The van der Waals surface area contributed by atoms with E-state index in [0.717, 1.165) is 47.7 Å². The number of rotatable bonds is 5. The van der Waals surface area contributed by atoms with Gasteiger partial charge in [-0.05, 0) is 36.4 Å². The van der Waals surface area contributed by atoms with Crippen molar-refractivity contribution in [1.29, 1.82) is 0 Å². The Morgan fingerprint density at radius 3 is 2.83 bits per heavy atom. The van der Waals surface area contributed by atoms with E-state index in [1.807, 2.05) is 41.9 Å². The molecule has 0 saturated heterocycles. The first kappa shape index (κ1) is 18.2. The topological polar surface area (TPSA) is 65.4 Å². The van der Waals surface area contributed by atoms with Crippen LogP contribution in [0.15, 0.2) is 54.2 Å². The Kier molecular flexibility index (Phi) is 4.75. The third-order valence-electron chi connectivity index (χ3n) is 5.73. The minimum absolute atomic E-state index is 0.0724. The van der Waals surface area contributed by atoms with Crippen LogP contribution in [0.5, 0.6) is 11.5 Å². The maximum absolute atomic E-state index is 13.2. The van der Waals surface area contributed by atoms with Gasteiger partial charge in [0.15, 0.2) is 17.6 Å². The van der Waals surface area contributed by atoms with Crippen molar-refractivity contribution in [2.24, 2.45) is 0 Å². The number of amides is 1. The standard InChI is InChI=1S/C22H23N3O3S/c26-21(22(9-3-4-10-22)20-8-5-11-29-20)24-16-12-23-25(13-16)14-17-15-27-18-6-1-2-7-19(18)28-17/h1-2,5-8,11-13,17H,3-4,9-10,14-15H2,(H,24,26)/t17-/m1/s1. The Hall–Kier alpha value is -2.80. The zero-order valence-electron chi connectivity index (χ0n) is 16.0. The zero-order chi connectivity index (χ0) is 19.7. The summed E-state index contributed by atoms with van der Waals surface area (Å²) >= 11 is 1.67. The molecule has 0 bridgehead atoms. The highest BCUT2D eigenvalue weighted by Gasteiger charge is 2.43. The molecule has 1 aliphatic heterocycles. The van der Waals surface area contributed by atoms with Gasteiger partial charge in [0.1, 0.15) is 6.61 Å². The van der Waals surface area contributed by atoms with Gasteiger partial charge in [0, 0.05) is 11.1 Å². The molecule has 0 radical (unpaired) electrons. The van der Waals surface area contributed by atoms with Crippen LogP contribution < -0.4 is 14.8 Å². The molecule has 29 heavy (non-hydrogen) atoms. The number of carbonyl (C=O) groups is 1. The van der Waals surface area contributed by atoms with Crippen molar-refractivity contribution < 1.29 is 14.3 Å². The van der Waals surface area contributed by atoms with Crippen molar-refractivity contribution in [1.82, 2.24) is 9.78 Å². The minimum atomic E-state index is -0.402. The van der Waals surface area contributed by atoms with Gasteiger partial charge in [-0.25, -0.2) is 0 Å². The number of ether oxygens (including phenoxy) is 2. The second kappa shape index (κ2) is 7.55. The molecule has 2 aliphatic rings. The van der Waals surface area contributed by atoms with Gasteiger partial charge in [-0.1, -0.05) is 31.0 Å². The normalized spacial score (nSPS) is 19.8. The fourth-order valence-electron chi connectivity index (χ4n) is 4.26. The van der Waals surface area contributed by atoms with Gasteiger partial charge in [-0.3, -0.25) is 9.48 Å². The number of fused-ring (bicyclic) bond motifs is 1. The summed E-state index contributed by atoms with van der Waals surface area (Å²) in [7, 11) is 0. The summed E-state index contributed by atoms with van der Waals surface area (Å²) in [6, 6.07) is 11.8. The number of hydrogen-bond donors (Lipinski definition) is 1. The molecule has 5 rings (SSSR count). The lowest BCUT2D eigenvalue weighted by molar-refractivity contribution is -0.121. The van der Waals surface area contributed by atoms with Crippen molar-refractivity contribution in [3.63, 3.8) is 0 Å². The van der Waals surface area contributed by atoms with E-state index in [0.29, 0.717) is 13.2 Å². The smallest absolute Gasteiger partial charge is 0.235 e. The van der Waals surface area contributed by atoms with Crippen LogP contribution in [0.2, 0.25) is 0 Å². The van der Waals surface area contributed by atoms with E-state index in [9.17, 15) is 4.79 Å². The van der Waals surface area contributed by atoms with Crippen molar-refractivity contribution >= 4 is 22.9 Å². The van der Waals surface area contributed by atoms with Crippen LogP contribution in [0.25, 0.3) is 0 Å². The third kappa shape index (κ3) is 3.51. The minimum Gasteiger partial charge on any atom is -0.486 e. The van der Waals surface area contributed by atoms with Gasteiger partial charge in [-0.15, -0.1) is 11.3 Å². The molecular weight excluding hydrogens is 386 g/mol. The quantitative estimate of drug-likeness (QED) is 0.685. The maximum atomic E-state index is 13.2. The Morgan fingerprint density at radius 1 is 1.21 bits per heavy atom. The van der Waals surface area contributed by atoms with Crippen LogP contribution in [0.3, 0.4) is 0 Å². The molecule has 1 amide bonds. The summed E-state index contributed by atoms with van der Waals surface area (Å²) in [6.45, 7) is 1.03. The highest BCUT2D eigenvalue weighted by molar-refractivity contribution is 7.10. The molecule has 1 atom stereocenters. The molecule has 3 heterocycles. The third-order valence-corrected chi connectivity index (χ3v) is 6.81. The number of thiophene rings is 1. The van der Waals surface area contributed by atoms with E-state index in [-0.39, 0.29) is 12.0 Å². The Labute approximate surface area is 173 Å². The molecule has 150 valence electrons. The average Bonchev–Trinajstić information content (AvgIpc) is 3.50. The number of benzene rings is 1. The molecule has 0 spiro atoms.